The summed E-state index contributed by atoms with van der Waals surface area (Å²) < 4.78 is 0. The molecule has 0 heterocycles. The molecule has 0 spiro atoms. The molecule has 0 bridgehead atoms. The van der Waals surface area contributed by atoms with E-state index in [0.29, 0.717) is 0 Å². The van der Waals surface area contributed by atoms with Crippen molar-refractivity contribution in [1.82, 2.24) is 0 Å². The zero-order valence-corrected chi connectivity index (χ0v) is 9.27. The van der Waals surface area contributed by atoms with Crippen molar-refractivity contribution < 1.29 is 0 Å². The van der Waals surface area contributed by atoms with Gasteiger partial charge in [0, 0.05) is 17.3 Å². The summed E-state index contributed by atoms with van der Waals surface area (Å²) >= 11 is 6.04. The van der Waals surface area contributed by atoms with Gasteiger partial charge in [-0.1, -0.05) is 24.1 Å². The highest BCUT2D eigenvalue weighted by atomic mass is 35.5. The van der Waals surface area contributed by atoms with E-state index in [1.165, 1.54) is 24.9 Å². The second kappa shape index (κ2) is 4.22. The predicted octanol–water partition coefficient (Wildman–Crippen LogP) is 3.86. The molecule has 1 aliphatic carbocycles. The van der Waals surface area contributed by atoms with Gasteiger partial charge in [-0.25, -0.2) is 0 Å². The van der Waals surface area contributed by atoms with Gasteiger partial charge in [-0.05, 0) is 43.4 Å². The molecule has 1 fully saturated rings. The number of rotatable bonds is 3. The summed E-state index contributed by atoms with van der Waals surface area (Å²) in [6.45, 7) is 3.16. The Kier molecular flexibility index (Phi) is 2.97. The van der Waals surface area contributed by atoms with Crippen LogP contribution in [0.2, 0.25) is 5.02 Å². The first-order chi connectivity index (χ1) is 6.77. The van der Waals surface area contributed by atoms with Crippen LogP contribution in [0.25, 0.3) is 0 Å². The number of hydrogen-bond acceptors (Lipinski definition) is 1. The minimum atomic E-state index is 0.851. The maximum atomic E-state index is 6.04. The number of nitrogens with one attached hydrogen (secondary N) is 1. The van der Waals surface area contributed by atoms with E-state index in [1.807, 2.05) is 12.1 Å². The average Bonchev–Trinajstić information content (AvgIpc) is 2.09. The van der Waals surface area contributed by atoms with Crippen molar-refractivity contribution >= 4 is 17.3 Å². The van der Waals surface area contributed by atoms with Crippen LogP contribution in [0.3, 0.4) is 0 Å². The van der Waals surface area contributed by atoms with Crippen molar-refractivity contribution in [2.75, 3.05) is 11.9 Å². The Balaban J connectivity index is 1.97. The van der Waals surface area contributed by atoms with Gasteiger partial charge in [-0.2, -0.15) is 0 Å². The molecule has 2 heteroatoms. The SMILES string of the molecule is Cc1c(Cl)cccc1NCC1CCC1. The topological polar surface area (TPSA) is 12.0 Å². The van der Waals surface area contributed by atoms with Crippen molar-refractivity contribution in [2.45, 2.75) is 26.2 Å². The first kappa shape index (κ1) is 9.85. The monoisotopic (exact) mass is 209 g/mol. The van der Waals surface area contributed by atoms with E-state index in [0.717, 1.165) is 23.0 Å². The minimum Gasteiger partial charge on any atom is -0.385 e. The van der Waals surface area contributed by atoms with Crippen LogP contribution in [0.1, 0.15) is 24.8 Å². The highest BCUT2D eigenvalue weighted by Crippen LogP contribution is 2.28. The van der Waals surface area contributed by atoms with Crippen molar-refractivity contribution in [3.8, 4) is 0 Å². The van der Waals surface area contributed by atoms with Gasteiger partial charge in [0.1, 0.15) is 0 Å². The van der Waals surface area contributed by atoms with E-state index in [4.69, 9.17) is 11.6 Å². The molecule has 2 rings (SSSR count). The lowest BCUT2D eigenvalue weighted by Gasteiger charge is -2.26. The second-order valence-electron chi connectivity index (χ2n) is 4.09. The van der Waals surface area contributed by atoms with E-state index in [9.17, 15) is 0 Å². The molecule has 0 aliphatic heterocycles. The largest absolute Gasteiger partial charge is 0.385 e. The summed E-state index contributed by atoms with van der Waals surface area (Å²) in [7, 11) is 0. The Morgan fingerprint density at radius 3 is 2.86 bits per heavy atom. The van der Waals surface area contributed by atoms with Gasteiger partial charge < -0.3 is 5.32 Å². The number of hydrogen-bond donors (Lipinski definition) is 1. The lowest BCUT2D eigenvalue weighted by atomic mass is 9.85. The number of anilines is 1. The number of halogens is 1. The molecule has 0 saturated heterocycles. The summed E-state index contributed by atoms with van der Waals surface area (Å²) in [5, 5.41) is 4.32. The minimum absolute atomic E-state index is 0.851. The molecule has 1 saturated carbocycles. The van der Waals surface area contributed by atoms with Gasteiger partial charge in [-0.15, -0.1) is 0 Å². The van der Waals surface area contributed by atoms with E-state index in [1.54, 1.807) is 0 Å². The van der Waals surface area contributed by atoms with E-state index in [2.05, 4.69) is 18.3 Å². The molecule has 0 unspecified atom stereocenters. The Morgan fingerprint density at radius 2 is 2.21 bits per heavy atom. The molecular weight excluding hydrogens is 194 g/mol. The molecule has 0 amide bonds. The van der Waals surface area contributed by atoms with Gasteiger partial charge in [-0.3, -0.25) is 0 Å². The van der Waals surface area contributed by atoms with Gasteiger partial charge in [0.05, 0.1) is 0 Å². The Labute approximate surface area is 90.5 Å². The molecular formula is C12H16ClN. The molecule has 14 heavy (non-hydrogen) atoms. The van der Waals surface area contributed by atoms with Crippen LogP contribution in [0.5, 0.6) is 0 Å². The highest BCUT2D eigenvalue weighted by Gasteiger charge is 2.16. The molecule has 1 aromatic rings. The lowest BCUT2D eigenvalue weighted by molar-refractivity contribution is 0.333. The fourth-order valence-electron chi connectivity index (χ4n) is 1.75. The summed E-state index contributed by atoms with van der Waals surface area (Å²) in [6.07, 6.45) is 4.17. The molecule has 1 nitrogen and oxygen atoms in total. The third-order valence-corrected chi connectivity index (χ3v) is 3.48. The van der Waals surface area contributed by atoms with Crippen LogP contribution >= 0.6 is 11.6 Å². The average molecular weight is 210 g/mol. The second-order valence-corrected chi connectivity index (χ2v) is 4.50. The normalized spacial score (nSPS) is 16.4. The van der Waals surface area contributed by atoms with Crippen molar-refractivity contribution in [1.29, 1.82) is 0 Å². The van der Waals surface area contributed by atoms with Crippen molar-refractivity contribution in [3.63, 3.8) is 0 Å². The van der Waals surface area contributed by atoms with E-state index >= 15 is 0 Å². The third-order valence-electron chi connectivity index (χ3n) is 3.07. The van der Waals surface area contributed by atoms with Crippen LogP contribution in [-0.2, 0) is 0 Å². The zero-order valence-electron chi connectivity index (χ0n) is 8.52. The Hall–Kier alpha value is -0.690. The fourth-order valence-corrected chi connectivity index (χ4v) is 1.92. The highest BCUT2D eigenvalue weighted by molar-refractivity contribution is 6.31. The summed E-state index contributed by atoms with van der Waals surface area (Å²) in [5.41, 5.74) is 2.35. The molecule has 1 aliphatic rings. The molecule has 76 valence electrons. The summed E-state index contributed by atoms with van der Waals surface area (Å²) in [4.78, 5) is 0. The van der Waals surface area contributed by atoms with Crippen LogP contribution in [0.4, 0.5) is 5.69 Å². The fraction of sp³-hybridized carbons (Fsp3) is 0.500. The van der Waals surface area contributed by atoms with Crippen LogP contribution in [-0.4, -0.2) is 6.54 Å². The third kappa shape index (κ3) is 2.03. The summed E-state index contributed by atoms with van der Waals surface area (Å²) in [5.74, 6) is 0.883. The summed E-state index contributed by atoms with van der Waals surface area (Å²) in [6, 6.07) is 6.03. The smallest absolute Gasteiger partial charge is 0.0455 e. The van der Waals surface area contributed by atoms with Gasteiger partial charge in [0.15, 0.2) is 0 Å². The van der Waals surface area contributed by atoms with Crippen molar-refractivity contribution in [3.05, 3.63) is 28.8 Å². The van der Waals surface area contributed by atoms with E-state index in [-0.39, 0.29) is 0 Å². The Morgan fingerprint density at radius 1 is 1.43 bits per heavy atom. The maximum Gasteiger partial charge on any atom is 0.0455 e. The lowest BCUT2D eigenvalue weighted by Crippen LogP contribution is -2.21. The molecule has 0 atom stereocenters. The van der Waals surface area contributed by atoms with Crippen LogP contribution in [0, 0.1) is 12.8 Å². The van der Waals surface area contributed by atoms with Gasteiger partial charge >= 0.3 is 0 Å². The van der Waals surface area contributed by atoms with Gasteiger partial charge in [0.2, 0.25) is 0 Å². The zero-order chi connectivity index (χ0) is 9.97. The molecule has 1 aromatic carbocycles. The molecule has 1 N–H and O–H groups in total. The quantitative estimate of drug-likeness (QED) is 0.797. The standard InChI is InChI=1S/C12H16ClN/c1-9-11(13)6-3-7-12(9)14-8-10-4-2-5-10/h3,6-7,10,14H,2,4-5,8H2,1H3. The van der Waals surface area contributed by atoms with Crippen molar-refractivity contribution in [2.24, 2.45) is 5.92 Å². The Bertz CT molecular complexity index is 318. The number of benzene rings is 1. The molecule has 0 radical (unpaired) electrons. The van der Waals surface area contributed by atoms with Crippen LogP contribution < -0.4 is 5.32 Å². The predicted molar refractivity (Wildman–Crippen MR) is 62.0 cm³/mol. The maximum absolute atomic E-state index is 6.04. The van der Waals surface area contributed by atoms with Crippen LogP contribution in [0.15, 0.2) is 18.2 Å². The van der Waals surface area contributed by atoms with Gasteiger partial charge in [0.25, 0.3) is 0 Å². The first-order valence-corrected chi connectivity index (χ1v) is 5.64. The first-order valence-electron chi connectivity index (χ1n) is 5.26. The van der Waals surface area contributed by atoms with E-state index < -0.39 is 0 Å². The molecule has 0 aromatic heterocycles.